The molecule has 20 heteroatoms. The van der Waals surface area contributed by atoms with Gasteiger partial charge < -0.3 is 94.1 Å². The summed E-state index contributed by atoms with van der Waals surface area (Å²) < 4.78 is 39.7. The predicted molar refractivity (Wildman–Crippen MR) is 167 cm³/mol. The molecule has 0 aliphatic carbocycles. The summed E-state index contributed by atoms with van der Waals surface area (Å²) in [5.41, 5.74) is -1.54. The number of ether oxygens (including phenoxy) is 6. The lowest BCUT2D eigenvalue weighted by Crippen LogP contribution is -2.64. The highest BCUT2D eigenvalue weighted by atomic mass is 16.8. The maximum atomic E-state index is 14.0. The second-order valence-electron chi connectivity index (χ2n) is 12.6. The normalized spacial score (nSPS) is 36.9. The summed E-state index contributed by atoms with van der Waals surface area (Å²) in [6.07, 6.45) is -23.9. The third-order valence-electron chi connectivity index (χ3n) is 9.01. The quantitative estimate of drug-likeness (QED) is 0.101. The average molecular weight is 743 g/mol. The lowest BCUT2D eigenvalue weighted by molar-refractivity contribution is -0.352. The Labute approximate surface area is 292 Å². The molecule has 0 saturated carbocycles. The first kappa shape index (κ1) is 37.9. The van der Waals surface area contributed by atoms with Gasteiger partial charge in [-0.25, -0.2) is 0 Å². The van der Waals surface area contributed by atoms with Crippen molar-refractivity contribution in [3.05, 3.63) is 40.6 Å². The van der Waals surface area contributed by atoms with Crippen molar-refractivity contribution in [1.82, 2.24) is 0 Å². The smallest absolute Gasteiger partial charge is 0.239 e. The van der Waals surface area contributed by atoms with Crippen LogP contribution in [0.15, 0.2) is 39.5 Å². The molecule has 6 rings (SSSR count). The van der Waals surface area contributed by atoms with Crippen molar-refractivity contribution < 1.29 is 94.1 Å². The van der Waals surface area contributed by atoms with Crippen LogP contribution in [0.2, 0.25) is 0 Å². The molecule has 0 radical (unpaired) electrons. The minimum Gasteiger partial charge on any atom is -0.508 e. The fourth-order valence-corrected chi connectivity index (χ4v) is 6.02. The molecular formula is C32H38O20. The molecule has 1 aromatic heterocycles. The number of aliphatic hydroxyl groups is 8. The molecule has 0 amide bonds. The van der Waals surface area contributed by atoms with E-state index in [0.717, 1.165) is 24.3 Å². The summed E-state index contributed by atoms with van der Waals surface area (Å²) in [6.45, 7) is 0.171. The van der Waals surface area contributed by atoms with Crippen LogP contribution in [-0.4, -0.2) is 161 Å². The summed E-state index contributed by atoms with van der Waals surface area (Å²) in [4.78, 5) is 14.0. The molecule has 286 valence electrons. The topological polar surface area (TPSA) is 328 Å². The number of aromatic hydroxyl groups is 4. The van der Waals surface area contributed by atoms with E-state index in [2.05, 4.69) is 0 Å². The first-order valence-corrected chi connectivity index (χ1v) is 15.9. The van der Waals surface area contributed by atoms with E-state index in [4.69, 9.17) is 32.8 Å². The van der Waals surface area contributed by atoms with Crippen LogP contribution >= 0.6 is 0 Å². The lowest BCUT2D eigenvalue weighted by Gasteiger charge is -2.45. The number of hydrogen-bond acceptors (Lipinski definition) is 20. The van der Waals surface area contributed by atoms with Gasteiger partial charge in [-0.1, -0.05) is 0 Å². The maximum Gasteiger partial charge on any atom is 0.239 e. The van der Waals surface area contributed by atoms with E-state index in [0.29, 0.717) is 0 Å². The number of hydrogen-bond donors (Lipinski definition) is 12. The van der Waals surface area contributed by atoms with Gasteiger partial charge in [0.15, 0.2) is 35.9 Å². The highest BCUT2D eigenvalue weighted by Crippen LogP contribution is 2.40. The molecule has 4 heterocycles. The number of fused-ring (bicyclic) bond motifs is 1. The number of benzene rings is 2. The van der Waals surface area contributed by atoms with Gasteiger partial charge in [0.05, 0.1) is 19.3 Å². The third kappa shape index (κ3) is 7.09. The zero-order valence-corrected chi connectivity index (χ0v) is 27.0. The molecule has 3 saturated heterocycles. The van der Waals surface area contributed by atoms with Crippen molar-refractivity contribution in [3.8, 4) is 40.1 Å². The molecular weight excluding hydrogens is 704 g/mol. The lowest BCUT2D eigenvalue weighted by atomic mass is 9.98. The van der Waals surface area contributed by atoms with E-state index in [1.54, 1.807) is 0 Å². The zero-order valence-electron chi connectivity index (χ0n) is 27.0. The van der Waals surface area contributed by atoms with Crippen LogP contribution < -0.4 is 10.2 Å². The Hall–Kier alpha value is -3.87. The van der Waals surface area contributed by atoms with Gasteiger partial charge >= 0.3 is 0 Å². The molecule has 0 bridgehead atoms. The van der Waals surface area contributed by atoms with Crippen molar-refractivity contribution in [3.63, 3.8) is 0 Å². The molecule has 0 spiro atoms. The van der Waals surface area contributed by atoms with Gasteiger partial charge in [0, 0.05) is 17.7 Å². The van der Waals surface area contributed by atoms with E-state index in [1.165, 1.54) is 13.0 Å². The summed E-state index contributed by atoms with van der Waals surface area (Å²) in [5, 5.41) is 124. The van der Waals surface area contributed by atoms with E-state index >= 15 is 0 Å². The summed E-state index contributed by atoms with van der Waals surface area (Å²) in [7, 11) is 0. The van der Waals surface area contributed by atoms with Gasteiger partial charge in [0.2, 0.25) is 17.5 Å². The Morgan fingerprint density at radius 2 is 1.44 bits per heavy atom. The van der Waals surface area contributed by atoms with Crippen molar-refractivity contribution >= 4 is 11.0 Å². The summed E-state index contributed by atoms with van der Waals surface area (Å²) in [5.74, 6) is -3.67. The highest BCUT2D eigenvalue weighted by molar-refractivity contribution is 5.88. The SMILES string of the molecule is CC1OC(OCC2OC(Oc3c(-c4ccc(O)c(O)c4)oc4cc(O)cc(O)c4c3=O)C(OC3OCC(O)C(O)C3O)C(O)C2O)C(O)C(O)C1O. The van der Waals surface area contributed by atoms with Gasteiger partial charge in [-0.3, -0.25) is 4.79 Å². The molecule has 14 atom stereocenters. The monoisotopic (exact) mass is 742 g/mol. The zero-order chi connectivity index (χ0) is 37.8. The van der Waals surface area contributed by atoms with Gasteiger partial charge in [-0.2, -0.15) is 0 Å². The molecule has 20 nitrogen and oxygen atoms in total. The van der Waals surface area contributed by atoms with Crippen LogP contribution in [0.3, 0.4) is 0 Å². The van der Waals surface area contributed by atoms with E-state index in [9.17, 15) is 66.1 Å². The molecule has 14 unspecified atom stereocenters. The van der Waals surface area contributed by atoms with Crippen LogP contribution in [0, 0.1) is 0 Å². The van der Waals surface area contributed by atoms with E-state index in [1.807, 2.05) is 0 Å². The van der Waals surface area contributed by atoms with Crippen LogP contribution in [0.1, 0.15) is 6.92 Å². The summed E-state index contributed by atoms with van der Waals surface area (Å²) in [6, 6.07) is 5.09. The Morgan fingerprint density at radius 1 is 0.731 bits per heavy atom. The van der Waals surface area contributed by atoms with Gasteiger partial charge in [-0.15, -0.1) is 0 Å². The van der Waals surface area contributed by atoms with Gasteiger partial charge in [-0.05, 0) is 25.1 Å². The van der Waals surface area contributed by atoms with Gasteiger partial charge in [0.1, 0.15) is 77.4 Å². The maximum absolute atomic E-state index is 14.0. The molecule has 52 heavy (non-hydrogen) atoms. The Balaban J connectivity index is 1.39. The van der Waals surface area contributed by atoms with E-state index < -0.39 is 145 Å². The molecule has 3 fully saturated rings. The second-order valence-corrected chi connectivity index (χ2v) is 12.6. The highest BCUT2D eigenvalue weighted by Gasteiger charge is 2.51. The Kier molecular flexibility index (Phi) is 10.8. The van der Waals surface area contributed by atoms with Crippen LogP contribution in [0.4, 0.5) is 0 Å². The predicted octanol–water partition coefficient (Wildman–Crippen LogP) is -3.22. The largest absolute Gasteiger partial charge is 0.508 e. The minimum atomic E-state index is -2.03. The number of aliphatic hydroxyl groups excluding tert-OH is 8. The molecule has 3 aliphatic rings. The van der Waals surface area contributed by atoms with Crippen LogP contribution in [-0.2, 0) is 23.7 Å². The van der Waals surface area contributed by atoms with Crippen LogP contribution in [0.5, 0.6) is 28.7 Å². The van der Waals surface area contributed by atoms with E-state index in [-0.39, 0.29) is 11.1 Å². The molecule has 2 aromatic carbocycles. The number of phenols is 4. The standard InChI is InChI=1S/C32H38O20/c1-9-19(38)23(42)26(45)30(48-9)47-8-17-21(40)24(43)29(52-31-25(44)20(39)15(37)7-46-31)32(50-17)51-28-22(41)18-14(36)5-11(33)6-16(18)49-27(28)10-2-3-12(34)13(35)4-10/h2-6,9,15,17,19-21,23-26,29-40,42-45H,7-8H2,1H3. The van der Waals surface area contributed by atoms with Crippen molar-refractivity contribution in [1.29, 1.82) is 0 Å². The average Bonchev–Trinajstić information content (AvgIpc) is 3.10. The second kappa shape index (κ2) is 14.9. The molecule has 12 N–H and O–H groups in total. The van der Waals surface area contributed by atoms with Crippen molar-refractivity contribution in [2.75, 3.05) is 13.2 Å². The molecule has 3 aromatic rings. The first-order valence-electron chi connectivity index (χ1n) is 15.9. The number of rotatable bonds is 8. The summed E-state index contributed by atoms with van der Waals surface area (Å²) >= 11 is 0. The van der Waals surface area contributed by atoms with Crippen molar-refractivity contribution in [2.24, 2.45) is 0 Å². The fraction of sp³-hybridized carbons (Fsp3) is 0.531. The Morgan fingerprint density at radius 3 is 2.15 bits per heavy atom. The van der Waals surface area contributed by atoms with Gasteiger partial charge in [0.25, 0.3) is 0 Å². The molecule has 3 aliphatic heterocycles. The third-order valence-corrected chi connectivity index (χ3v) is 9.01. The minimum absolute atomic E-state index is 0.0951. The van der Waals surface area contributed by atoms with Crippen LogP contribution in [0.25, 0.3) is 22.3 Å². The first-order chi connectivity index (χ1) is 24.6. The number of phenolic OH excluding ortho intramolecular Hbond substituents is 4. The Bertz CT molecular complexity index is 1800. The van der Waals surface area contributed by atoms with Crippen molar-refractivity contribution in [2.45, 2.75) is 92.9 Å². The fourth-order valence-electron chi connectivity index (χ4n) is 6.02.